The fourth-order valence-electron chi connectivity index (χ4n) is 3.35. The Morgan fingerprint density at radius 3 is 2.48 bits per heavy atom. The zero-order valence-corrected chi connectivity index (χ0v) is 15.1. The van der Waals surface area contributed by atoms with Gasteiger partial charge in [0.25, 0.3) is 0 Å². The molecule has 1 aliphatic heterocycles. The van der Waals surface area contributed by atoms with Crippen LogP contribution < -0.4 is 10.2 Å². The molecule has 1 saturated heterocycles. The molecule has 0 unspecified atom stereocenters. The molecular weight excluding hydrogens is 310 g/mol. The normalized spacial score (nSPS) is 18.2. The molecule has 0 aromatic heterocycles. The van der Waals surface area contributed by atoms with E-state index in [9.17, 15) is 4.79 Å². The molecule has 4 heteroatoms. The number of anilines is 1. The van der Waals surface area contributed by atoms with Crippen LogP contribution in [0.25, 0.3) is 0 Å². The van der Waals surface area contributed by atoms with Crippen molar-refractivity contribution in [2.75, 3.05) is 31.1 Å². The second-order valence-corrected chi connectivity index (χ2v) is 6.88. The molecule has 0 radical (unpaired) electrons. The lowest BCUT2D eigenvalue weighted by Gasteiger charge is -2.41. The van der Waals surface area contributed by atoms with Crippen LogP contribution in [0.15, 0.2) is 54.6 Å². The van der Waals surface area contributed by atoms with Gasteiger partial charge in [-0.1, -0.05) is 48.0 Å². The van der Waals surface area contributed by atoms with Crippen molar-refractivity contribution < 1.29 is 4.79 Å². The maximum Gasteiger partial charge on any atom is 0.234 e. The summed E-state index contributed by atoms with van der Waals surface area (Å²) < 4.78 is 0. The fourth-order valence-corrected chi connectivity index (χ4v) is 3.35. The minimum absolute atomic E-state index is 0.0971. The third-order valence-electron chi connectivity index (χ3n) is 4.78. The first kappa shape index (κ1) is 17.5. The topological polar surface area (TPSA) is 35.6 Å². The van der Waals surface area contributed by atoms with E-state index in [2.05, 4.69) is 53.2 Å². The summed E-state index contributed by atoms with van der Waals surface area (Å²) in [6, 6.07) is 19.1. The Bertz CT molecular complexity index is 684. The molecule has 1 aliphatic rings. The highest BCUT2D eigenvalue weighted by Gasteiger charge is 2.24. The number of aryl methyl sites for hydroxylation is 1. The fraction of sp³-hybridized carbons (Fsp3) is 0.381. The maximum absolute atomic E-state index is 12.2. The molecule has 1 N–H and O–H groups in total. The predicted molar refractivity (Wildman–Crippen MR) is 103 cm³/mol. The summed E-state index contributed by atoms with van der Waals surface area (Å²) in [7, 11) is 0. The molecule has 2 aromatic carbocycles. The van der Waals surface area contributed by atoms with Crippen LogP contribution in [0, 0.1) is 6.92 Å². The van der Waals surface area contributed by atoms with Gasteiger partial charge in [0.05, 0.1) is 6.54 Å². The van der Waals surface area contributed by atoms with Crippen molar-refractivity contribution in [1.82, 2.24) is 10.2 Å². The van der Waals surface area contributed by atoms with Crippen LogP contribution in [0.5, 0.6) is 0 Å². The average molecular weight is 337 g/mol. The number of rotatable bonds is 5. The Balaban J connectivity index is 1.47. The van der Waals surface area contributed by atoms with Crippen molar-refractivity contribution in [3.8, 4) is 0 Å². The van der Waals surface area contributed by atoms with E-state index in [1.54, 1.807) is 0 Å². The largest absolute Gasteiger partial charge is 0.366 e. The molecule has 3 rings (SSSR count). The lowest BCUT2D eigenvalue weighted by atomic mass is 10.1. The van der Waals surface area contributed by atoms with E-state index >= 15 is 0 Å². The first-order chi connectivity index (χ1) is 12.1. The number of hydrogen-bond acceptors (Lipinski definition) is 3. The van der Waals surface area contributed by atoms with Gasteiger partial charge in [-0.3, -0.25) is 9.69 Å². The van der Waals surface area contributed by atoms with E-state index in [-0.39, 0.29) is 5.91 Å². The van der Waals surface area contributed by atoms with Gasteiger partial charge in [-0.15, -0.1) is 0 Å². The molecule has 1 fully saturated rings. The molecule has 0 bridgehead atoms. The first-order valence-corrected chi connectivity index (χ1v) is 8.98. The minimum Gasteiger partial charge on any atom is -0.366 e. The number of amides is 1. The minimum atomic E-state index is 0.0971. The number of nitrogens with one attached hydrogen (secondary N) is 1. The average Bonchev–Trinajstić information content (AvgIpc) is 2.62. The van der Waals surface area contributed by atoms with Gasteiger partial charge in [0.15, 0.2) is 0 Å². The predicted octanol–water partition coefficient (Wildman–Crippen LogP) is 2.82. The highest BCUT2D eigenvalue weighted by Crippen LogP contribution is 2.20. The van der Waals surface area contributed by atoms with Gasteiger partial charge < -0.3 is 10.2 Å². The van der Waals surface area contributed by atoms with Crippen LogP contribution >= 0.6 is 0 Å². The standard InChI is InChI=1S/C21H27N3O/c1-17-8-10-20(11-9-17)24-13-12-23(15-18(24)2)16-21(25)22-14-19-6-4-3-5-7-19/h3-11,18H,12-16H2,1-2H3,(H,22,25)/t18-/m1/s1. The SMILES string of the molecule is Cc1ccc(N2CCN(CC(=O)NCc3ccccc3)C[C@H]2C)cc1. The number of carbonyl (C=O) groups is 1. The third-order valence-corrected chi connectivity index (χ3v) is 4.78. The van der Waals surface area contributed by atoms with E-state index < -0.39 is 0 Å². The molecule has 0 spiro atoms. The monoisotopic (exact) mass is 337 g/mol. The smallest absolute Gasteiger partial charge is 0.234 e. The Kier molecular flexibility index (Phi) is 5.71. The van der Waals surface area contributed by atoms with Crippen LogP contribution in [0.2, 0.25) is 0 Å². The second-order valence-electron chi connectivity index (χ2n) is 6.88. The molecule has 1 amide bonds. The Hall–Kier alpha value is -2.33. The van der Waals surface area contributed by atoms with Crippen LogP contribution in [-0.2, 0) is 11.3 Å². The van der Waals surface area contributed by atoms with Gasteiger partial charge in [0.1, 0.15) is 0 Å². The summed E-state index contributed by atoms with van der Waals surface area (Å²) in [5, 5.41) is 3.02. The van der Waals surface area contributed by atoms with Crippen molar-refractivity contribution in [2.24, 2.45) is 0 Å². The third kappa shape index (κ3) is 4.83. The van der Waals surface area contributed by atoms with Crippen molar-refractivity contribution in [2.45, 2.75) is 26.4 Å². The Labute approximate surface area is 150 Å². The quantitative estimate of drug-likeness (QED) is 0.911. The van der Waals surface area contributed by atoms with Crippen LogP contribution in [0.3, 0.4) is 0 Å². The zero-order chi connectivity index (χ0) is 17.6. The van der Waals surface area contributed by atoms with E-state index in [0.717, 1.165) is 25.2 Å². The van der Waals surface area contributed by atoms with Crippen LogP contribution in [-0.4, -0.2) is 43.0 Å². The lowest BCUT2D eigenvalue weighted by molar-refractivity contribution is -0.122. The number of nitrogens with zero attached hydrogens (tertiary/aromatic N) is 2. The number of carbonyl (C=O) groups excluding carboxylic acids is 1. The molecule has 4 nitrogen and oxygen atoms in total. The van der Waals surface area contributed by atoms with E-state index in [1.807, 2.05) is 30.3 Å². The van der Waals surface area contributed by atoms with Crippen molar-refractivity contribution >= 4 is 11.6 Å². The summed E-state index contributed by atoms with van der Waals surface area (Å²) in [6.07, 6.45) is 0. The summed E-state index contributed by atoms with van der Waals surface area (Å²) >= 11 is 0. The highest BCUT2D eigenvalue weighted by molar-refractivity contribution is 5.78. The molecule has 0 aliphatic carbocycles. The van der Waals surface area contributed by atoms with Gasteiger partial charge in [-0.25, -0.2) is 0 Å². The summed E-state index contributed by atoms with van der Waals surface area (Å²) in [6.45, 7) is 8.18. The zero-order valence-electron chi connectivity index (χ0n) is 15.1. The molecule has 0 saturated carbocycles. The summed E-state index contributed by atoms with van der Waals surface area (Å²) in [4.78, 5) is 16.9. The van der Waals surface area contributed by atoms with Gasteiger partial charge in [0.2, 0.25) is 5.91 Å². The second kappa shape index (κ2) is 8.17. The molecular formula is C21H27N3O. The number of piperazine rings is 1. The summed E-state index contributed by atoms with van der Waals surface area (Å²) in [5.41, 5.74) is 3.69. The van der Waals surface area contributed by atoms with E-state index in [0.29, 0.717) is 19.1 Å². The van der Waals surface area contributed by atoms with E-state index in [4.69, 9.17) is 0 Å². The Morgan fingerprint density at radius 2 is 1.80 bits per heavy atom. The number of benzene rings is 2. The molecule has 132 valence electrons. The van der Waals surface area contributed by atoms with E-state index in [1.165, 1.54) is 11.3 Å². The molecule has 2 aromatic rings. The molecule has 1 heterocycles. The molecule has 25 heavy (non-hydrogen) atoms. The van der Waals surface area contributed by atoms with Crippen molar-refractivity contribution in [1.29, 1.82) is 0 Å². The number of hydrogen-bond donors (Lipinski definition) is 1. The Morgan fingerprint density at radius 1 is 1.08 bits per heavy atom. The van der Waals surface area contributed by atoms with Crippen LogP contribution in [0.4, 0.5) is 5.69 Å². The maximum atomic E-state index is 12.2. The lowest BCUT2D eigenvalue weighted by Crippen LogP contribution is -2.54. The van der Waals surface area contributed by atoms with Gasteiger partial charge in [-0.05, 0) is 31.5 Å². The van der Waals surface area contributed by atoms with Crippen molar-refractivity contribution in [3.63, 3.8) is 0 Å². The van der Waals surface area contributed by atoms with Crippen molar-refractivity contribution in [3.05, 3.63) is 65.7 Å². The first-order valence-electron chi connectivity index (χ1n) is 8.98. The molecule has 1 atom stereocenters. The van der Waals surface area contributed by atoms with Gasteiger partial charge in [-0.2, -0.15) is 0 Å². The van der Waals surface area contributed by atoms with Gasteiger partial charge >= 0.3 is 0 Å². The highest BCUT2D eigenvalue weighted by atomic mass is 16.2. The van der Waals surface area contributed by atoms with Crippen LogP contribution in [0.1, 0.15) is 18.1 Å². The van der Waals surface area contributed by atoms with Gasteiger partial charge in [0, 0.05) is 37.9 Å². The summed E-state index contributed by atoms with van der Waals surface area (Å²) in [5.74, 6) is 0.0971.